The van der Waals surface area contributed by atoms with E-state index in [2.05, 4.69) is 36.1 Å². The summed E-state index contributed by atoms with van der Waals surface area (Å²) in [4.78, 5) is 4.43. The minimum atomic E-state index is -0.0708. The molecule has 0 saturated heterocycles. The smallest absolute Gasteiger partial charge is 0.169 e. The highest BCUT2D eigenvalue weighted by Crippen LogP contribution is 2.26. The minimum absolute atomic E-state index is 0.0708. The van der Waals surface area contributed by atoms with Crippen LogP contribution in [-0.4, -0.2) is 20.0 Å². The number of anilines is 1. The fourth-order valence-electron chi connectivity index (χ4n) is 1.84. The van der Waals surface area contributed by atoms with Gasteiger partial charge in [0.2, 0.25) is 0 Å². The molecule has 2 N–H and O–H groups in total. The summed E-state index contributed by atoms with van der Waals surface area (Å²) in [6.07, 6.45) is 0. The quantitative estimate of drug-likeness (QED) is 0.886. The molecule has 2 aromatic rings. The first kappa shape index (κ1) is 12.0. The molecule has 0 spiro atoms. The Kier molecular flexibility index (Phi) is 2.91. The molecule has 92 valence electrons. The third-order valence-electron chi connectivity index (χ3n) is 2.45. The lowest BCUT2D eigenvalue weighted by Gasteiger charge is -2.19. The topological polar surface area (TPSA) is 69.6 Å². The molecule has 0 aromatic carbocycles. The lowest BCUT2D eigenvalue weighted by molar-refractivity contribution is 0.500. The third-order valence-corrected chi connectivity index (χ3v) is 3.27. The molecule has 2 rings (SSSR count). The Balaban J connectivity index is 2.34. The predicted molar refractivity (Wildman–Crippen MR) is 69.1 cm³/mol. The zero-order valence-corrected chi connectivity index (χ0v) is 11.4. The van der Waals surface area contributed by atoms with E-state index in [-0.39, 0.29) is 5.41 Å². The van der Waals surface area contributed by atoms with Gasteiger partial charge in [0, 0.05) is 10.8 Å². The maximum absolute atomic E-state index is 5.87. The second-order valence-corrected chi connectivity index (χ2v) is 6.15. The Morgan fingerprint density at radius 3 is 2.65 bits per heavy atom. The van der Waals surface area contributed by atoms with Crippen molar-refractivity contribution in [2.24, 2.45) is 0 Å². The highest BCUT2D eigenvalue weighted by molar-refractivity contribution is 7.09. The van der Waals surface area contributed by atoms with Crippen molar-refractivity contribution in [3.05, 3.63) is 21.8 Å². The molecule has 6 heteroatoms. The predicted octanol–water partition coefficient (Wildman–Crippen LogP) is 1.97. The van der Waals surface area contributed by atoms with Crippen molar-refractivity contribution in [1.82, 2.24) is 20.0 Å². The Labute approximate surface area is 105 Å². The summed E-state index contributed by atoms with van der Waals surface area (Å²) in [5.74, 6) is 0.504. The molecule has 0 saturated carbocycles. The van der Waals surface area contributed by atoms with Crippen molar-refractivity contribution in [1.29, 1.82) is 0 Å². The number of hydrogen-bond donors (Lipinski definition) is 1. The van der Waals surface area contributed by atoms with E-state index in [1.807, 2.05) is 17.0 Å². The fraction of sp³-hybridized carbons (Fsp3) is 0.545. The van der Waals surface area contributed by atoms with Crippen molar-refractivity contribution in [3.63, 3.8) is 0 Å². The van der Waals surface area contributed by atoms with Gasteiger partial charge in [-0.2, -0.15) is 0 Å². The second kappa shape index (κ2) is 4.10. The molecule has 0 fully saturated rings. The van der Waals surface area contributed by atoms with Crippen LogP contribution in [-0.2, 0) is 12.0 Å². The lowest BCUT2D eigenvalue weighted by Crippen LogP contribution is -2.20. The fourth-order valence-corrected chi connectivity index (χ4v) is 2.45. The summed E-state index contributed by atoms with van der Waals surface area (Å²) in [6.45, 7) is 8.93. The number of hydrogen-bond acceptors (Lipinski definition) is 5. The zero-order chi connectivity index (χ0) is 12.6. The van der Waals surface area contributed by atoms with E-state index >= 15 is 0 Å². The molecule has 0 aliphatic carbocycles. The number of aromatic nitrogens is 4. The number of rotatable bonds is 2. The van der Waals surface area contributed by atoms with Crippen LogP contribution in [0.15, 0.2) is 5.38 Å². The molecule has 0 aliphatic rings. The van der Waals surface area contributed by atoms with Gasteiger partial charge in [-0.15, -0.1) is 16.4 Å². The average molecular weight is 251 g/mol. The van der Waals surface area contributed by atoms with Gasteiger partial charge < -0.3 is 5.73 Å². The molecule has 0 bridgehead atoms. The van der Waals surface area contributed by atoms with E-state index in [9.17, 15) is 0 Å². The highest BCUT2D eigenvalue weighted by atomic mass is 32.1. The number of nitrogens with two attached hydrogens (primary N) is 1. The van der Waals surface area contributed by atoms with Gasteiger partial charge in [-0.3, -0.25) is 0 Å². The van der Waals surface area contributed by atoms with Crippen LogP contribution >= 0.6 is 11.3 Å². The molecule has 2 aromatic heterocycles. The number of nitrogen functional groups attached to an aromatic ring is 1. The third kappa shape index (κ3) is 2.46. The highest BCUT2D eigenvalue weighted by Gasteiger charge is 2.24. The van der Waals surface area contributed by atoms with Gasteiger partial charge in [-0.1, -0.05) is 26.0 Å². The minimum Gasteiger partial charge on any atom is -0.381 e. The van der Waals surface area contributed by atoms with E-state index in [1.165, 1.54) is 0 Å². The number of aryl methyl sites for hydroxylation is 1. The van der Waals surface area contributed by atoms with Crippen LogP contribution in [0.5, 0.6) is 0 Å². The molecular weight excluding hydrogens is 234 g/mol. The van der Waals surface area contributed by atoms with Crippen LogP contribution < -0.4 is 5.73 Å². The molecule has 0 amide bonds. The molecule has 0 radical (unpaired) electrons. The van der Waals surface area contributed by atoms with Gasteiger partial charge in [0.05, 0.1) is 22.9 Å². The van der Waals surface area contributed by atoms with Crippen molar-refractivity contribution in [2.45, 2.75) is 39.7 Å². The van der Waals surface area contributed by atoms with Crippen molar-refractivity contribution in [3.8, 4) is 0 Å². The first-order valence-electron chi connectivity index (χ1n) is 5.48. The molecule has 17 heavy (non-hydrogen) atoms. The maximum Gasteiger partial charge on any atom is 0.169 e. The van der Waals surface area contributed by atoms with Crippen LogP contribution in [0.25, 0.3) is 0 Å². The Morgan fingerprint density at radius 1 is 1.41 bits per heavy atom. The Morgan fingerprint density at radius 2 is 2.12 bits per heavy atom. The van der Waals surface area contributed by atoms with Gasteiger partial charge in [0.25, 0.3) is 0 Å². The van der Waals surface area contributed by atoms with Gasteiger partial charge in [0.1, 0.15) is 0 Å². The monoisotopic (exact) mass is 251 g/mol. The first-order valence-corrected chi connectivity index (χ1v) is 6.36. The Bertz CT molecular complexity index is 520. The van der Waals surface area contributed by atoms with Crippen LogP contribution in [0.2, 0.25) is 0 Å². The number of thiazole rings is 1. The van der Waals surface area contributed by atoms with Crippen LogP contribution in [0.3, 0.4) is 0 Å². The summed E-state index contributed by atoms with van der Waals surface area (Å²) >= 11 is 1.64. The van der Waals surface area contributed by atoms with Crippen molar-refractivity contribution in [2.75, 3.05) is 5.73 Å². The van der Waals surface area contributed by atoms with Crippen LogP contribution in [0, 0.1) is 6.92 Å². The first-order chi connectivity index (χ1) is 7.88. The normalized spacial score (nSPS) is 12.0. The van der Waals surface area contributed by atoms with E-state index in [0.29, 0.717) is 12.4 Å². The van der Waals surface area contributed by atoms with Gasteiger partial charge in [-0.25, -0.2) is 9.67 Å². The van der Waals surface area contributed by atoms with E-state index < -0.39 is 0 Å². The molecule has 0 aliphatic heterocycles. The molecule has 0 atom stereocenters. The Hall–Kier alpha value is -1.43. The summed E-state index contributed by atoms with van der Waals surface area (Å²) in [7, 11) is 0. The van der Waals surface area contributed by atoms with Crippen molar-refractivity contribution < 1.29 is 0 Å². The lowest BCUT2D eigenvalue weighted by atomic mass is 9.92. The zero-order valence-electron chi connectivity index (χ0n) is 10.6. The van der Waals surface area contributed by atoms with E-state index in [1.54, 1.807) is 11.3 Å². The maximum atomic E-state index is 5.87. The SMILES string of the molecule is Cc1nc(Cn2nnc(N)c2C(C)(C)C)cs1. The van der Waals surface area contributed by atoms with E-state index in [4.69, 9.17) is 5.73 Å². The molecule has 2 heterocycles. The summed E-state index contributed by atoms with van der Waals surface area (Å²) < 4.78 is 1.84. The van der Waals surface area contributed by atoms with E-state index in [0.717, 1.165) is 16.4 Å². The molecule has 0 unspecified atom stereocenters. The molecule has 5 nitrogen and oxygen atoms in total. The summed E-state index contributed by atoms with van der Waals surface area (Å²) in [5, 5.41) is 11.1. The van der Waals surface area contributed by atoms with Crippen LogP contribution in [0.4, 0.5) is 5.82 Å². The van der Waals surface area contributed by atoms with Crippen molar-refractivity contribution >= 4 is 17.2 Å². The van der Waals surface area contributed by atoms with Crippen LogP contribution in [0.1, 0.15) is 37.2 Å². The van der Waals surface area contributed by atoms with Gasteiger partial charge in [0.15, 0.2) is 5.82 Å². The van der Waals surface area contributed by atoms with Gasteiger partial charge in [-0.05, 0) is 6.92 Å². The number of nitrogens with zero attached hydrogens (tertiary/aromatic N) is 4. The second-order valence-electron chi connectivity index (χ2n) is 5.09. The molecular formula is C11H17N5S. The largest absolute Gasteiger partial charge is 0.381 e. The summed E-state index contributed by atoms with van der Waals surface area (Å²) in [6, 6.07) is 0. The standard InChI is InChI=1S/C11H17N5S/c1-7-13-8(6-17-7)5-16-9(11(2,3)4)10(12)14-15-16/h6H,5,12H2,1-4H3. The van der Waals surface area contributed by atoms with Gasteiger partial charge >= 0.3 is 0 Å². The average Bonchev–Trinajstić information content (AvgIpc) is 2.73. The summed E-state index contributed by atoms with van der Waals surface area (Å²) in [5.41, 5.74) is 7.77.